The fourth-order valence-electron chi connectivity index (χ4n) is 4.34. The van der Waals surface area contributed by atoms with Crippen LogP contribution < -0.4 is 10.6 Å². The Morgan fingerprint density at radius 1 is 0.611 bits per heavy atom. The first-order chi connectivity index (χ1) is 23.9. The normalized spacial score (nSPS) is 12.3. The molecule has 0 amide bonds. The molecule has 0 aliphatic carbocycles. The van der Waals surface area contributed by atoms with Crippen LogP contribution in [-0.4, -0.2) is 77.0 Å². The van der Waals surface area contributed by atoms with Gasteiger partial charge >= 0.3 is 0 Å². The van der Waals surface area contributed by atoms with E-state index in [1.54, 1.807) is 0 Å². The first-order valence-electron chi connectivity index (χ1n) is 13.2. The average molecular weight is 966 g/mol. The molecule has 5 aromatic rings. The molecule has 54 heavy (non-hydrogen) atoms. The third-order valence-electron chi connectivity index (χ3n) is 6.51. The minimum atomic E-state index is -5.36. The molecule has 4 aromatic carbocycles. The minimum absolute atomic E-state index is 0. The van der Waals surface area contributed by atoms with E-state index in [4.69, 9.17) is 23.2 Å². The monoisotopic (exact) mass is 963 g/mol. The maximum Gasteiger partial charge on any atom is 0.296 e. The van der Waals surface area contributed by atoms with Crippen molar-refractivity contribution < 1.29 is 96.2 Å². The molecule has 296 valence electrons. The molecule has 21 nitrogen and oxygen atoms in total. The first kappa shape index (κ1) is 44.6. The molecule has 0 atom stereocenters. The van der Waals surface area contributed by atoms with Crippen molar-refractivity contribution in [2.45, 2.75) is 19.6 Å². The summed E-state index contributed by atoms with van der Waals surface area (Å²) in [4.78, 5) is 8.21. The van der Waals surface area contributed by atoms with Gasteiger partial charge in [0.05, 0.1) is 25.4 Å². The summed E-state index contributed by atoms with van der Waals surface area (Å²) in [5.74, 6) is -2.93. The summed E-state index contributed by atoms with van der Waals surface area (Å²) in [6, 6.07) is 7.98. The zero-order chi connectivity index (χ0) is 38.6. The molecule has 0 aliphatic heterocycles. The standard InChI is InChI=1S/C25H17Cl2N7O14S4.2Cu/c26-15-7-14(51(43,44)45)9-17(21(15)35)33-34-20-18(52(46,47)48)5-10-4-13(50(40,41)42)8-16(19(10)22(20)36)29-25-31-23(27)30-24(32-25)28-11-2-1-3-12(6-11)49(37,38)39;;/h1-9,35-36H,(H,37,38,39)(H,40,41,42)(H,43,44,45)(H,46,47,48)(H2,28,29,30,31,32);;. The van der Waals surface area contributed by atoms with Crippen LogP contribution in [0, 0.1) is 0 Å². The van der Waals surface area contributed by atoms with Gasteiger partial charge < -0.3 is 20.8 Å². The molecule has 0 saturated carbocycles. The summed E-state index contributed by atoms with van der Waals surface area (Å²) in [7, 11) is -20.0. The predicted molar refractivity (Wildman–Crippen MR) is 180 cm³/mol. The van der Waals surface area contributed by atoms with Gasteiger partial charge in [-0.15, -0.1) is 10.2 Å². The molecule has 29 heteroatoms. The van der Waals surface area contributed by atoms with E-state index in [1.165, 1.54) is 12.1 Å². The number of fused-ring (bicyclic) bond motifs is 1. The number of aromatic nitrogens is 3. The van der Waals surface area contributed by atoms with Crippen molar-refractivity contribution in [1.29, 1.82) is 0 Å². The number of nitrogens with zero attached hydrogens (tertiary/aromatic N) is 5. The van der Waals surface area contributed by atoms with E-state index >= 15 is 0 Å². The molecule has 1 aromatic heterocycles. The summed E-state index contributed by atoms with van der Waals surface area (Å²) in [6.07, 6.45) is 0. The van der Waals surface area contributed by atoms with E-state index in [0.29, 0.717) is 24.3 Å². The number of azo groups is 1. The Balaban J connectivity index is 0.00000392. The van der Waals surface area contributed by atoms with Crippen LogP contribution >= 0.6 is 23.2 Å². The molecule has 0 aliphatic rings. The van der Waals surface area contributed by atoms with E-state index in [9.17, 15) is 62.1 Å². The SMILES string of the molecule is O=S(=O)(O)c1cccc(Nc2nc(Cl)nc(Nc3cc(S(=O)(=O)O)cc4cc(S(=O)(=O)O)c(N=Nc5cc(S(=O)(=O)O)cc(Cl)c5O)c(O)c34)n2)c1.[Cu].[Cu]. The molecule has 1 heterocycles. The fraction of sp³-hybridized carbons (Fsp3) is 0. The van der Waals surface area contributed by atoms with Gasteiger partial charge in [0, 0.05) is 45.2 Å². The van der Waals surface area contributed by atoms with Crippen molar-refractivity contribution in [3.63, 3.8) is 0 Å². The van der Waals surface area contributed by atoms with E-state index in [2.05, 4.69) is 35.8 Å². The maximum atomic E-state index is 12.4. The zero-order valence-corrected chi connectivity index (χ0v) is 32.0. The summed E-state index contributed by atoms with van der Waals surface area (Å²) >= 11 is 11.8. The molecular weight excluding hydrogens is 949 g/mol. The van der Waals surface area contributed by atoms with E-state index in [0.717, 1.165) is 18.2 Å². The largest absolute Gasteiger partial charge is 0.505 e. The van der Waals surface area contributed by atoms with Crippen molar-refractivity contribution >= 4 is 109 Å². The molecule has 0 bridgehead atoms. The van der Waals surface area contributed by atoms with Crippen LogP contribution in [0.2, 0.25) is 10.3 Å². The van der Waals surface area contributed by atoms with Gasteiger partial charge in [-0.25, -0.2) is 0 Å². The number of nitrogens with one attached hydrogen (secondary N) is 2. The summed E-state index contributed by atoms with van der Waals surface area (Å²) in [6.45, 7) is 0. The van der Waals surface area contributed by atoms with E-state index in [1.807, 2.05) is 0 Å². The van der Waals surface area contributed by atoms with Crippen LogP contribution in [-0.2, 0) is 74.6 Å². The molecule has 0 saturated heterocycles. The summed E-state index contributed by atoms with van der Waals surface area (Å²) in [5, 5.41) is 31.7. The number of phenols is 2. The van der Waals surface area contributed by atoms with Gasteiger partial charge in [0.1, 0.15) is 16.3 Å². The number of halogens is 2. The summed E-state index contributed by atoms with van der Waals surface area (Å²) < 4.78 is 134. The Morgan fingerprint density at radius 3 is 1.76 bits per heavy atom. The maximum absolute atomic E-state index is 12.4. The smallest absolute Gasteiger partial charge is 0.296 e. The Bertz CT molecular complexity index is 2820. The zero-order valence-electron chi connectivity index (χ0n) is 25.4. The number of benzene rings is 4. The molecule has 0 fully saturated rings. The Kier molecular flexibility index (Phi) is 13.3. The first-order valence-corrected chi connectivity index (χ1v) is 19.7. The number of phenolic OH excluding ortho intramolecular Hbond substituents is 2. The topological polar surface area (TPSA) is 345 Å². The second-order valence-electron chi connectivity index (χ2n) is 10.0. The van der Waals surface area contributed by atoms with Crippen LogP contribution in [0.25, 0.3) is 10.8 Å². The van der Waals surface area contributed by atoms with Gasteiger partial charge in [0.25, 0.3) is 40.5 Å². The van der Waals surface area contributed by atoms with Gasteiger partial charge in [-0.05, 0) is 65.5 Å². The molecule has 8 N–H and O–H groups in total. The second-order valence-corrected chi connectivity index (χ2v) is 16.4. The third-order valence-corrected chi connectivity index (χ3v) is 10.4. The van der Waals surface area contributed by atoms with Gasteiger partial charge in [-0.1, -0.05) is 17.7 Å². The molecular formula is C25H17Cl2Cu2N7O14S4. The number of hydrogen-bond acceptors (Lipinski definition) is 17. The van der Waals surface area contributed by atoms with Crippen LogP contribution in [0.5, 0.6) is 11.5 Å². The number of rotatable bonds is 10. The van der Waals surface area contributed by atoms with Crippen molar-refractivity contribution in [3.05, 3.63) is 64.9 Å². The Hall–Kier alpha value is -3.79. The number of hydrogen-bond donors (Lipinski definition) is 8. The minimum Gasteiger partial charge on any atom is -0.505 e. The summed E-state index contributed by atoms with van der Waals surface area (Å²) in [5.41, 5.74) is -2.31. The molecule has 0 spiro atoms. The number of aromatic hydroxyl groups is 2. The van der Waals surface area contributed by atoms with Gasteiger partial charge in [-0.3, -0.25) is 18.2 Å². The molecule has 0 unspecified atom stereocenters. The van der Waals surface area contributed by atoms with Crippen LogP contribution in [0.15, 0.2) is 84.4 Å². The predicted octanol–water partition coefficient (Wildman–Crippen LogP) is 4.63. The van der Waals surface area contributed by atoms with Gasteiger partial charge in [-0.2, -0.15) is 48.6 Å². The Labute approximate surface area is 334 Å². The fourth-order valence-corrected chi connectivity index (χ4v) is 7.03. The van der Waals surface area contributed by atoms with E-state index < -0.39 is 116 Å². The quantitative estimate of drug-likeness (QED) is 0.0537. The van der Waals surface area contributed by atoms with Crippen molar-refractivity contribution in [2.75, 3.05) is 10.6 Å². The van der Waals surface area contributed by atoms with Crippen LogP contribution in [0.4, 0.5) is 34.6 Å². The van der Waals surface area contributed by atoms with Gasteiger partial charge in [0.2, 0.25) is 17.2 Å². The third kappa shape index (κ3) is 10.1. The average Bonchev–Trinajstić information content (AvgIpc) is 3.00. The second kappa shape index (κ2) is 16.1. The van der Waals surface area contributed by atoms with Crippen molar-refractivity contribution in [2.24, 2.45) is 10.2 Å². The van der Waals surface area contributed by atoms with Crippen molar-refractivity contribution in [1.82, 2.24) is 15.0 Å². The number of anilines is 4. The Morgan fingerprint density at radius 2 is 1.19 bits per heavy atom. The molecule has 5 rings (SSSR count). The van der Waals surface area contributed by atoms with Crippen LogP contribution in [0.3, 0.4) is 0 Å². The van der Waals surface area contributed by atoms with E-state index in [-0.39, 0.29) is 45.8 Å². The van der Waals surface area contributed by atoms with Gasteiger partial charge in [0.15, 0.2) is 11.5 Å². The van der Waals surface area contributed by atoms with Crippen molar-refractivity contribution in [3.8, 4) is 11.5 Å². The van der Waals surface area contributed by atoms with Crippen LogP contribution in [0.1, 0.15) is 0 Å². The molecule has 2 radical (unpaired) electrons.